The maximum absolute atomic E-state index is 14.1. The van der Waals surface area contributed by atoms with Gasteiger partial charge in [0.2, 0.25) is 0 Å². The number of aliphatic hydroxyl groups excluding tert-OH is 1. The number of hydrogen-bond acceptors (Lipinski definition) is 6. The molecular weight excluding hydrogens is 485 g/mol. The van der Waals surface area contributed by atoms with E-state index < -0.39 is 13.2 Å². The highest BCUT2D eigenvalue weighted by Gasteiger charge is 2.28. The molecule has 0 heterocycles. The summed E-state index contributed by atoms with van der Waals surface area (Å²) in [6.07, 6.45) is 0.235. The van der Waals surface area contributed by atoms with Crippen molar-refractivity contribution in [2.45, 2.75) is 12.5 Å². The van der Waals surface area contributed by atoms with Crippen LogP contribution in [0.4, 0.5) is 0 Å². The molecule has 7 heteroatoms. The molecule has 0 aliphatic carbocycles. The van der Waals surface area contributed by atoms with Crippen LogP contribution in [0, 0.1) is 0 Å². The van der Waals surface area contributed by atoms with Crippen molar-refractivity contribution >= 4 is 17.8 Å². The molecule has 1 atom stereocenters. The number of ether oxygens (including phenoxy) is 2. The summed E-state index contributed by atoms with van der Waals surface area (Å²) in [5.41, 5.74) is 1.13. The van der Waals surface area contributed by atoms with E-state index in [1.165, 1.54) is 0 Å². The van der Waals surface area contributed by atoms with Crippen LogP contribution in [0.3, 0.4) is 0 Å². The van der Waals surface area contributed by atoms with Gasteiger partial charge in [-0.1, -0.05) is 72.8 Å². The lowest BCUT2D eigenvalue weighted by atomic mass is 10.1. The first-order valence-electron chi connectivity index (χ1n) is 12.3. The maximum Gasteiger partial charge on any atom is 0.178 e. The highest BCUT2D eigenvalue weighted by Crippen LogP contribution is 2.43. The SMILES string of the molecule is O=P(COc1ccc(CCNCC(O)COc2ccc(O)cc2)cc1)(c1ccccc1)c1ccccc1. The Hall–Kier alpha value is -3.57. The second kappa shape index (κ2) is 13.1. The van der Waals surface area contributed by atoms with E-state index in [0.717, 1.165) is 22.6 Å². The monoisotopic (exact) mass is 517 g/mol. The summed E-state index contributed by atoms with van der Waals surface area (Å²) in [5.74, 6) is 1.45. The predicted molar refractivity (Wildman–Crippen MR) is 148 cm³/mol. The minimum atomic E-state index is -2.94. The zero-order valence-electron chi connectivity index (χ0n) is 20.6. The van der Waals surface area contributed by atoms with E-state index in [1.54, 1.807) is 24.3 Å². The lowest BCUT2D eigenvalue weighted by Gasteiger charge is -2.20. The van der Waals surface area contributed by atoms with Gasteiger partial charge in [-0.2, -0.15) is 0 Å². The fourth-order valence-corrected chi connectivity index (χ4v) is 6.08. The molecule has 0 saturated carbocycles. The zero-order valence-corrected chi connectivity index (χ0v) is 21.5. The average Bonchev–Trinajstić information content (AvgIpc) is 2.95. The molecule has 37 heavy (non-hydrogen) atoms. The lowest BCUT2D eigenvalue weighted by molar-refractivity contribution is 0.106. The molecule has 0 radical (unpaired) electrons. The largest absolute Gasteiger partial charge is 0.508 e. The van der Waals surface area contributed by atoms with E-state index in [-0.39, 0.29) is 18.7 Å². The minimum absolute atomic E-state index is 0.0893. The standard InChI is InChI=1S/C30H32NO5P/c32-25-13-17-27(18-14-25)35-22-26(33)21-31-20-19-24-11-15-28(16-12-24)36-23-37(34,29-7-3-1-4-8-29)30-9-5-2-6-10-30/h1-18,26,31-33H,19-23H2. The topological polar surface area (TPSA) is 88.0 Å². The van der Waals surface area contributed by atoms with Gasteiger partial charge in [0, 0.05) is 17.2 Å². The highest BCUT2D eigenvalue weighted by molar-refractivity contribution is 7.78. The Balaban J connectivity index is 1.23. The Morgan fingerprint density at radius 3 is 1.86 bits per heavy atom. The van der Waals surface area contributed by atoms with Crippen molar-refractivity contribution in [2.24, 2.45) is 0 Å². The van der Waals surface area contributed by atoms with Crippen LogP contribution in [0.1, 0.15) is 5.56 Å². The minimum Gasteiger partial charge on any atom is -0.508 e. The third-order valence-electron chi connectivity index (χ3n) is 5.93. The second-order valence-corrected chi connectivity index (χ2v) is 11.5. The van der Waals surface area contributed by atoms with Crippen molar-refractivity contribution in [1.82, 2.24) is 5.32 Å². The fraction of sp³-hybridized carbons (Fsp3) is 0.200. The van der Waals surface area contributed by atoms with Crippen LogP contribution in [-0.2, 0) is 11.0 Å². The molecule has 0 spiro atoms. The number of aliphatic hydroxyl groups is 1. The Morgan fingerprint density at radius 1 is 0.730 bits per heavy atom. The number of benzene rings is 4. The van der Waals surface area contributed by atoms with Gasteiger partial charge in [0.05, 0.1) is 0 Å². The van der Waals surface area contributed by atoms with Crippen molar-refractivity contribution in [3.05, 3.63) is 115 Å². The Bertz CT molecular complexity index is 1220. The first-order chi connectivity index (χ1) is 18.0. The van der Waals surface area contributed by atoms with Crippen molar-refractivity contribution < 1.29 is 24.3 Å². The van der Waals surface area contributed by atoms with Crippen LogP contribution in [0.15, 0.2) is 109 Å². The second-order valence-electron chi connectivity index (χ2n) is 8.74. The van der Waals surface area contributed by atoms with Gasteiger partial charge >= 0.3 is 0 Å². The van der Waals surface area contributed by atoms with Crippen molar-refractivity contribution in [1.29, 1.82) is 0 Å². The van der Waals surface area contributed by atoms with Crippen molar-refractivity contribution in [3.63, 3.8) is 0 Å². The van der Waals surface area contributed by atoms with Gasteiger partial charge in [0.1, 0.15) is 36.3 Å². The summed E-state index contributed by atoms with van der Waals surface area (Å²) in [7, 11) is -2.94. The first kappa shape index (κ1) is 26.5. The van der Waals surface area contributed by atoms with Gasteiger partial charge < -0.3 is 29.6 Å². The quantitative estimate of drug-likeness (QED) is 0.181. The van der Waals surface area contributed by atoms with Crippen LogP contribution in [0.2, 0.25) is 0 Å². The molecule has 0 aliphatic heterocycles. The lowest BCUT2D eigenvalue weighted by Crippen LogP contribution is -2.32. The summed E-state index contributed by atoms with van der Waals surface area (Å²) in [5, 5.41) is 24.2. The van der Waals surface area contributed by atoms with Crippen LogP contribution >= 0.6 is 7.14 Å². The molecule has 4 rings (SSSR count). The predicted octanol–water partition coefficient (Wildman–Crippen LogP) is 4.31. The Morgan fingerprint density at radius 2 is 1.27 bits per heavy atom. The zero-order chi connectivity index (χ0) is 25.9. The third kappa shape index (κ3) is 7.70. The molecule has 6 nitrogen and oxygen atoms in total. The summed E-state index contributed by atoms with van der Waals surface area (Å²) >= 11 is 0. The maximum atomic E-state index is 14.1. The van der Waals surface area contributed by atoms with E-state index >= 15 is 0 Å². The van der Waals surface area contributed by atoms with Crippen LogP contribution in [-0.4, -0.2) is 42.4 Å². The van der Waals surface area contributed by atoms with Gasteiger partial charge in [-0.05, 0) is 54.9 Å². The number of nitrogens with one attached hydrogen (secondary N) is 1. The van der Waals surface area contributed by atoms with E-state index in [4.69, 9.17) is 9.47 Å². The van der Waals surface area contributed by atoms with Crippen LogP contribution < -0.4 is 25.4 Å². The molecule has 0 amide bonds. The summed E-state index contributed by atoms with van der Waals surface area (Å²) in [4.78, 5) is 0. The molecule has 4 aromatic rings. The fourth-order valence-electron chi connectivity index (χ4n) is 3.85. The molecule has 3 N–H and O–H groups in total. The number of phenolic OH excluding ortho intramolecular Hbond substituents is 1. The van der Waals surface area contributed by atoms with E-state index in [0.29, 0.717) is 24.6 Å². The Kier molecular flexibility index (Phi) is 9.39. The summed E-state index contributed by atoms with van der Waals surface area (Å²) < 4.78 is 25.6. The molecule has 0 bridgehead atoms. The van der Waals surface area contributed by atoms with Gasteiger partial charge in [0.15, 0.2) is 7.14 Å². The number of rotatable bonds is 13. The number of hydrogen-bond donors (Lipinski definition) is 3. The molecule has 192 valence electrons. The molecule has 4 aromatic carbocycles. The number of aromatic hydroxyl groups is 1. The third-order valence-corrected chi connectivity index (χ3v) is 8.69. The summed E-state index contributed by atoms with van der Waals surface area (Å²) in [6.45, 7) is 1.28. The van der Waals surface area contributed by atoms with E-state index in [9.17, 15) is 14.8 Å². The van der Waals surface area contributed by atoms with Gasteiger partial charge in [-0.3, -0.25) is 0 Å². The molecule has 0 aliphatic rings. The van der Waals surface area contributed by atoms with Crippen LogP contribution in [0.25, 0.3) is 0 Å². The van der Waals surface area contributed by atoms with Crippen molar-refractivity contribution in [2.75, 3.05) is 26.0 Å². The smallest absolute Gasteiger partial charge is 0.178 e. The summed E-state index contributed by atoms with van der Waals surface area (Å²) in [6, 6.07) is 33.2. The first-order valence-corrected chi connectivity index (χ1v) is 14.1. The number of phenols is 1. The van der Waals surface area contributed by atoms with Crippen molar-refractivity contribution in [3.8, 4) is 17.2 Å². The van der Waals surface area contributed by atoms with Gasteiger partial charge in [-0.25, -0.2) is 0 Å². The van der Waals surface area contributed by atoms with E-state index in [1.807, 2.05) is 84.9 Å². The molecule has 0 fully saturated rings. The molecule has 1 unspecified atom stereocenters. The van der Waals surface area contributed by atoms with Gasteiger partial charge in [0.25, 0.3) is 0 Å². The van der Waals surface area contributed by atoms with E-state index in [2.05, 4.69) is 5.32 Å². The Labute approximate surface area is 217 Å². The van der Waals surface area contributed by atoms with Crippen LogP contribution in [0.5, 0.6) is 17.2 Å². The van der Waals surface area contributed by atoms with Gasteiger partial charge in [-0.15, -0.1) is 0 Å². The normalized spacial score (nSPS) is 12.1. The average molecular weight is 518 g/mol. The highest BCUT2D eigenvalue weighted by atomic mass is 31.2. The molecule has 0 aromatic heterocycles. The molecule has 0 saturated heterocycles. The molecular formula is C30H32NO5P.